The molecule has 2 aromatic carbocycles. The van der Waals surface area contributed by atoms with Crippen LogP contribution < -0.4 is 5.32 Å². The van der Waals surface area contributed by atoms with Gasteiger partial charge in [-0.2, -0.15) is 0 Å². The lowest BCUT2D eigenvalue weighted by Crippen LogP contribution is -2.50. The molecule has 1 heterocycles. The molecular formula is C23H25ClF2N2O5S. The Balaban J connectivity index is 1.89. The molecule has 34 heavy (non-hydrogen) atoms. The molecule has 0 spiro atoms. The smallest absolute Gasteiger partial charge is 0.254 e. The predicted octanol–water partition coefficient (Wildman–Crippen LogP) is 3.25. The molecule has 0 saturated carbocycles. The Morgan fingerprint density at radius 3 is 2.47 bits per heavy atom. The van der Waals surface area contributed by atoms with Gasteiger partial charge >= 0.3 is 0 Å². The van der Waals surface area contributed by atoms with Gasteiger partial charge in [0.15, 0.2) is 9.84 Å². The van der Waals surface area contributed by atoms with Crippen LogP contribution in [0, 0.1) is 11.6 Å². The Morgan fingerprint density at radius 1 is 1.18 bits per heavy atom. The first kappa shape index (κ1) is 26.1. The normalized spacial score (nSPS) is 20.1. The number of carbonyl (C=O) groups excluding carboxylic acids is 2. The third-order valence-electron chi connectivity index (χ3n) is 5.87. The number of nitrogens with one attached hydrogen (secondary N) is 1. The van der Waals surface area contributed by atoms with Gasteiger partial charge in [-0.25, -0.2) is 17.2 Å². The summed E-state index contributed by atoms with van der Waals surface area (Å²) >= 11 is 5.60. The third-order valence-corrected chi connectivity index (χ3v) is 7.27. The van der Waals surface area contributed by atoms with E-state index < -0.39 is 56.5 Å². The van der Waals surface area contributed by atoms with Crippen LogP contribution in [-0.4, -0.2) is 54.7 Å². The molecule has 2 amide bonds. The van der Waals surface area contributed by atoms with E-state index in [4.69, 9.17) is 11.6 Å². The number of aliphatic hydroxyl groups is 1. The Kier molecular flexibility index (Phi) is 7.64. The molecular weight excluding hydrogens is 490 g/mol. The van der Waals surface area contributed by atoms with Crippen molar-refractivity contribution in [3.8, 4) is 0 Å². The molecule has 2 N–H and O–H groups in total. The van der Waals surface area contributed by atoms with E-state index in [0.717, 1.165) is 18.4 Å². The lowest BCUT2D eigenvalue weighted by atomic mass is 10.0. The molecule has 0 aromatic heterocycles. The number of hydrogen-bond donors (Lipinski definition) is 2. The fourth-order valence-corrected chi connectivity index (χ4v) is 4.89. The van der Waals surface area contributed by atoms with Gasteiger partial charge in [0, 0.05) is 23.4 Å². The molecule has 3 rings (SSSR count). The molecule has 2 aromatic rings. The summed E-state index contributed by atoms with van der Waals surface area (Å²) in [6.45, 7) is 3.07. The standard InChI is InChI=1S/C23H25ClF2N2O5S/c1-12-7-8-20(28(12)23(31)14-5-4-6-15(9-14)34(3,32)33)22(30)27-21(13(2)29)16-10-19(26)17(24)11-18(16)25/h4-6,9-13,20-21,29H,7-8H2,1-3H3,(H,27,30)/t12-,13?,20-,21?/m1/s1. The Morgan fingerprint density at radius 2 is 1.85 bits per heavy atom. The van der Waals surface area contributed by atoms with Gasteiger partial charge in [-0.3, -0.25) is 9.59 Å². The number of likely N-dealkylation sites (tertiary alicyclic amines) is 1. The van der Waals surface area contributed by atoms with Crippen molar-refractivity contribution in [2.45, 2.75) is 55.8 Å². The first-order valence-electron chi connectivity index (χ1n) is 10.6. The third kappa shape index (κ3) is 5.39. The zero-order chi connectivity index (χ0) is 25.4. The first-order valence-corrected chi connectivity index (χ1v) is 12.8. The average molecular weight is 515 g/mol. The fourth-order valence-electron chi connectivity index (χ4n) is 4.08. The minimum Gasteiger partial charge on any atom is -0.391 e. The fraction of sp³-hybridized carbons (Fsp3) is 0.391. The zero-order valence-electron chi connectivity index (χ0n) is 18.8. The number of benzene rings is 2. The van der Waals surface area contributed by atoms with Gasteiger partial charge in [-0.15, -0.1) is 0 Å². The highest BCUT2D eigenvalue weighted by atomic mass is 35.5. The molecule has 0 aliphatic carbocycles. The van der Waals surface area contributed by atoms with Crippen molar-refractivity contribution in [1.82, 2.24) is 10.2 Å². The summed E-state index contributed by atoms with van der Waals surface area (Å²) in [5.41, 5.74) is -0.178. The molecule has 7 nitrogen and oxygen atoms in total. The Hall–Kier alpha value is -2.56. The van der Waals surface area contributed by atoms with Crippen LogP contribution in [-0.2, 0) is 14.6 Å². The van der Waals surface area contributed by atoms with Crippen LogP contribution in [0.1, 0.15) is 48.7 Å². The summed E-state index contributed by atoms with van der Waals surface area (Å²) in [5.74, 6) is -3.00. The van der Waals surface area contributed by atoms with E-state index in [1.165, 1.54) is 36.1 Å². The number of hydrogen-bond acceptors (Lipinski definition) is 5. The first-order chi connectivity index (χ1) is 15.8. The van der Waals surface area contributed by atoms with Crippen molar-refractivity contribution in [2.24, 2.45) is 0 Å². The van der Waals surface area contributed by atoms with Crippen molar-refractivity contribution in [3.63, 3.8) is 0 Å². The number of amides is 2. The second-order valence-electron chi connectivity index (χ2n) is 8.47. The van der Waals surface area contributed by atoms with Crippen LogP contribution in [0.2, 0.25) is 5.02 Å². The molecule has 11 heteroatoms. The lowest BCUT2D eigenvalue weighted by Gasteiger charge is -2.30. The number of halogens is 3. The van der Waals surface area contributed by atoms with Crippen LogP contribution in [0.3, 0.4) is 0 Å². The maximum absolute atomic E-state index is 14.5. The van der Waals surface area contributed by atoms with Gasteiger partial charge < -0.3 is 15.3 Å². The summed E-state index contributed by atoms with van der Waals surface area (Å²) in [7, 11) is -3.55. The topological polar surface area (TPSA) is 104 Å². The minimum absolute atomic E-state index is 0.0272. The summed E-state index contributed by atoms with van der Waals surface area (Å²) < 4.78 is 52.2. The van der Waals surface area contributed by atoms with Crippen LogP contribution in [0.4, 0.5) is 8.78 Å². The summed E-state index contributed by atoms with van der Waals surface area (Å²) in [6.07, 6.45) is 0.543. The number of aliphatic hydroxyl groups excluding tert-OH is 1. The predicted molar refractivity (Wildman–Crippen MR) is 122 cm³/mol. The number of rotatable bonds is 6. The van der Waals surface area contributed by atoms with E-state index in [0.29, 0.717) is 12.8 Å². The summed E-state index contributed by atoms with van der Waals surface area (Å²) in [6, 6.07) is 4.52. The van der Waals surface area contributed by atoms with Gasteiger partial charge in [0.1, 0.15) is 17.7 Å². The molecule has 1 fully saturated rings. The van der Waals surface area contributed by atoms with Crippen LogP contribution >= 0.6 is 11.6 Å². The largest absolute Gasteiger partial charge is 0.391 e. The summed E-state index contributed by atoms with van der Waals surface area (Å²) in [4.78, 5) is 27.7. The molecule has 1 aliphatic heterocycles. The average Bonchev–Trinajstić information content (AvgIpc) is 3.15. The lowest BCUT2D eigenvalue weighted by molar-refractivity contribution is -0.126. The highest BCUT2D eigenvalue weighted by Gasteiger charge is 2.40. The Bertz CT molecular complexity index is 1220. The van der Waals surface area contributed by atoms with Crippen molar-refractivity contribution in [1.29, 1.82) is 0 Å². The highest BCUT2D eigenvalue weighted by Crippen LogP contribution is 2.30. The molecule has 1 saturated heterocycles. The van der Waals surface area contributed by atoms with Gasteiger partial charge in [0.25, 0.3) is 5.91 Å². The van der Waals surface area contributed by atoms with Crippen molar-refractivity contribution in [3.05, 3.63) is 64.2 Å². The van der Waals surface area contributed by atoms with Crippen molar-refractivity contribution < 1.29 is 31.9 Å². The van der Waals surface area contributed by atoms with E-state index in [-0.39, 0.29) is 22.1 Å². The van der Waals surface area contributed by atoms with Crippen molar-refractivity contribution >= 4 is 33.3 Å². The number of carbonyl (C=O) groups is 2. The molecule has 0 bridgehead atoms. The van der Waals surface area contributed by atoms with Crippen LogP contribution in [0.25, 0.3) is 0 Å². The minimum atomic E-state index is -3.55. The van der Waals surface area contributed by atoms with Crippen molar-refractivity contribution in [2.75, 3.05) is 6.26 Å². The van der Waals surface area contributed by atoms with E-state index in [1.54, 1.807) is 6.92 Å². The van der Waals surface area contributed by atoms with E-state index in [9.17, 15) is 31.9 Å². The SMILES string of the molecule is CC(O)C(NC(=O)[C@H]1CC[C@@H](C)N1C(=O)c1cccc(S(C)(=O)=O)c1)c1cc(F)c(Cl)cc1F. The van der Waals surface area contributed by atoms with E-state index in [2.05, 4.69) is 5.32 Å². The zero-order valence-corrected chi connectivity index (χ0v) is 20.3. The molecule has 4 atom stereocenters. The monoisotopic (exact) mass is 514 g/mol. The molecule has 0 radical (unpaired) electrons. The second-order valence-corrected chi connectivity index (χ2v) is 10.9. The highest BCUT2D eigenvalue weighted by molar-refractivity contribution is 7.90. The molecule has 184 valence electrons. The Labute approximate surface area is 201 Å². The maximum Gasteiger partial charge on any atom is 0.254 e. The van der Waals surface area contributed by atoms with Gasteiger partial charge in [-0.1, -0.05) is 17.7 Å². The molecule has 1 aliphatic rings. The van der Waals surface area contributed by atoms with Gasteiger partial charge in [0.05, 0.1) is 22.1 Å². The maximum atomic E-state index is 14.5. The van der Waals surface area contributed by atoms with Crippen LogP contribution in [0.15, 0.2) is 41.3 Å². The second kappa shape index (κ2) is 9.97. The number of sulfone groups is 1. The van der Waals surface area contributed by atoms with E-state index >= 15 is 0 Å². The summed E-state index contributed by atoms with van der Waals surface area (Å²) in [5, 5.41) is 12.3. The van der Waals surface area contributed by atoms with Crippen LogP contribution in [0.5, 0.6) is 0 Å². The quantitative estimate of drug-likeness (QED) is 0.576. The van der Waals surface area contributed by atoms with Gasteiger partial charge in [-0.05, 0) is 57.0 Å². The van der Waals surface area contributed by atoms with E-state index in [1.807, 2.05) is 0 Å². The number of nitrogens with zero attached hydrogens (tertiary/aromatic N) is 1. The van der Waals surface area contributed by atoms with Gasteiger partial charge in [0.2, 0.25) is 5.91 Å². The molecule has 2 unspecified atom stereocenters.